The number of rotatable bonds is 9. The van der Waals surface area contributed by atoms with Gasteiger partial charge in [0.05, 0.1) is 46.3 Å². The molecule has 11 heteroatoms. The number of benzene rings is 3. The average Bonchev–Trinajstić information content (AvgIpc) is 3.42. The predicted octanol–water partition coefficient (Wildman–Crippen LogP) is 6.65. The predicted molar refractivity (Wildman–Crippen MR) is 157 cm³/mol. The zero-order valence-electron chi connectivity index (χ0n) is 21.7. The van der Waals surface area contributed by atoms with Crippen LogP contribution < -0.4 is 10.6 Å². The molecule has 0 unspecified atom stereocenters. The zero-order chi connectivity index (χ0) is 28.2. The summed E-state index contributed by atoms with van der Waals surface area (Å²) >= 11 is 12.6. The van der Waals surface area contributed by atoms with Crippen molar-refractivity contribution in [2.45, 2.75) is 12.6 Å². The van der Waals surface area contributed by atoms with Crippen LogP contribution in [-0.4, -0.2) is 45.5 Å². The van der Waals surface area contributed by atoms with Gasteiger partial charge < -0.3 is 15.5 Å². The second-order valence-electron chi connectivity index (χ2n) is 9.46. The van der Waals surface area contributed by atoms with Crippen molar-refractivity contribution >= 4 is 51.2 Å². The van der Waals surface area contributed by atoms with E-state index in [1.807, 2.05) is 55.3 Å². The number of hydrogen-bond acceptors (Lipinski definition) is 7. The highest BCUT2D eigenvalue weighted by atomic mass is 35.5. The fraction of sp³-hybridized carbons (Fsp3) is 0.172. The minimum atomic E-state index is -0.535. The molecule has 0 saturated heterocycles. The molecule has 0 fully saturated rings. The van der Waals surface area contributed by atoms with Crippen molar-refractivity contribution in [3.05, 3.63) is 106 Å². The number of halogens is 3. The van der Waals surface area contributed by atoms with Crippen LogP contribution in [0.2, 0.25) is 10.0 Å². The lowest BCUT2D eigenvalue weighted by molar-refractivity contribution is 0.370. The standard InChI is InChI=1S/C29H25Cl2FN8/c1-39(2)10-11-40-17-26(37-38-40)28(18-6-4-3-5-7-18)36-25-13-20(30)12-22-27(19(15-33)16-34-29(22)25)35-21-8-9-24(32)23(31)14-21/h3-9,12-14,16-17,28,36H,10-11H2,1-2H3,(H,34,35)/t28-/m0/s1. The summed E-state index contributed by atoms with van der Waals surface area (Å²) in [6.45, 7) is 1.52. The van der Waals surface area contributed by atoms with Crippen LogP contribution in [0.4, 0.5) is 21.5 Å². The van der Waals surface area contributed by atoms with Gasteiger partial charge in [-0.25, -0.2) is 4.39 Å². The van der Waals surface area contributed by atoms with Gasteiger partial charge in [0.2, 0.25) is 0 Å². The first-order valence-corrected chi connectivity index (χ1v) is 13.2. The second-order valence-corrected chi connectivity index (χ2v) is 10.3. The molecule has 0 radical (unpaired) electrons. The Morgan fingerprint density at radius 1 is 1.10 bits per heavy atom. The summed E-state index contributed by atoms with van der Waals surface area (Å²) in [4.78, 5) is 6.69. The van der Waals surface area contributed by atoms with Crippen LogP contribution >= 0.6 is 23.2 Å². The number of anilines is 3. The highest BCUT2D eigenvalue weighted by molar-refractivity contribution is 6.32. The largest absolute Gasteiger partial charge is 0.371 e. The number of fused-ring (bicyclic) bond motifs is 1. The number of pyridine rings is 1. The molecular formula is C29H25Cl2FN8. The maximum absolute atomic E-state index is 13.8. The molecule has 1 atom stereocenters. The summed E-state index contributed by atoms with van der Waals surface area (Å²) in [5.74, 6) is -0.535. The van der Waals surface area contributed by atoms with Gasteiger partial charge in [0, 0.05) is 28.8 Å². The van der Waals surface area contributed by atoms with E-state index >= 15 is 0 Å². The molecule has 8 nitrogen and oxygen atoms in total. The highest BCUT2D eigenvalue weighted by Crippen LogP contribution is 2.37. The molecule has 202 valence electrons. The van der Waals surface area contributed by atoms with E-state index in [-0.39, 0.29) is 11.1 Å². The van der Waals surface area contributed by atoms with E-state index < -0.39 is 5.82 Å². The summed E-state index contributed by atoms with van der Waals surface area (Å²) in [6.07, 6.45) is 3.41. The second kappa shape index (κ2) is 11.9. The molecule has 0 saturated carbocycles. The van der Waals surface area contributed by atoms with Crippen molar-refractivity contribution in [3.63, 3.8) is 0 Å². The van der Waals surface area contributed by atoms with E-state index in [0.29, 0.717) is 45.1 Å². The molecule has 3 aromatic carbocycles. The Kier molecular flexibility index (Phi) is 8.12. The van der Waals surface area contributed by atoms with Crippen molar-refractivity contribution in [2.75, 3.05) is 31.3 Å². The monoisotopic (exact) mass is 574 g/mol. The maximum Gasteiger partial charge on any atom is 0.141 e. The van der Waals surface area contributed by atoms with Gasteiger partial charge in [-0.15, -0.1) is 5.10 Å². The number of hydrogen-bond donors (Lipinski definition) is 2. The maximum atomic E-state index is 13.8. The molecule has 5 rings (SSSR count). The first kappa shape index (κ1) is 27.3. The molecule has 0 bridgehead atoms. The Bertz CT molecular complexity index is 1700. The van der Waals surface area contributed by atoms with E-state index in [1.165, 1.54) is 18.3 Å². The number of nitrogens with zero attached hydrogens (tertiary/aromatic N) is 6. The summed E-state index contributed by atoms with van der Waals surface area (Å²) in [5, 5.41) is 26.4. The highest BCUT2D eigenvalue weighted by Gasteiger charge is 2.21. The number of nitriles is 1. The Hall–Kier alpha value is -4.23. The molecular weight excluding hydrogens is 550 g/mol. The third kappa shape index (κ3) is 6.00. The van der Waals surface area contributed by atoms with Gasteiger partial charge in [-0.3, -0.25) is 9.67 Å². The lowest BCUT2D eigenvalue weighted by Gasteiger charge is -2.21. The van der Waals surface area contributed by atoms with Crippen LogP contribution in [0.25, 0.3) is 10.9 Å². The molecule has 0 amide bonds. The van der Waals surface area contributed by atoms with Crippen molar-refractivity contribution in [2.24, 2.45) is 0 Å². The van der Waals surface area contributed by atoms with Crippen LogP contribution in [0.15, 0.2) is 73.1 Å². The van der Waals surface area contributed by atoms with E-state index in [9.17, 15) is 9.65 Å². The smallest absolute Gasteiger partial charge is 0.141 e. The topological polar surface area (TPSA) is 94.7 Å². The quantitative estimate of drug-likeness (QED) is 0.203. The van der Waals surface area contributed by atoms with Gasteiger partial charge in [0.25, 0.3) is 0 Å². The van der Waals surface area contributed by atoms with Gasteiger partial charge >= 0.3 is 0 Å². The van der Waals surface area contributed by atoms with E-state index in [1.54, 1.807) is 18.2 Å². The van der Waals surface area contributed by atoms with Crippen LogP contribution in [0.1, 0.15) is 22.9 Å². The molecule has 2 N–H and O–H groups in total. The van der Waals surface area contributed by atoms with Gasteiger partial charge in [0.15, 0.2) is 0 Å². The van der Waals surface area contributed by atoms with Crippen molar-refractivity contribution in [3.8, 4) is 6.07 Å². The van der Waals surface area contributed by atoms with Crippen LogP contribution in [0.5, 0.6) is 0 Å². The lowest BCUT2D eigenvalue weighted by Crippen LogP contribution is -2.18. The molecule has 0 aliphatic carbocycles. The fourth-order valence-corrected chi connectivity index (χ4v) is 4.70. The number of aromatic nitrogens is 4. The van der Waals surface area contributed by atoms with Crippen molar-refractivity contribution < 1.29 is 4.39 Å². The fourth-order valence-electron chi connectivity index (χ4n) is 4.30. The SMILES string of the molecule is CN(C)CCn1cc([C@@H](Nc2cc(Cl)cc3c(Nc4ccc(F)c(Cl)c4)c(C#N)cnc23)c2ccccc2)nn1. The Morgan fingerprint density at radius 3 is 2.62 bits per heavy atom. The molecule has 40 heavy (non-hydrogen) atoms. The number of nitrogens with one attached hydrogen (secondary N) is 2. The van der Waals surface area contributed by atoms with Gasteiger partial charge in [-0.2, -0.15) is 5.26 Å². The van der Waals surface area contributed by atoms with E-state index in [0.717, 1.165) is 17.8 Å². The third-order valence-corrected chi connectivity index (χ3v) is 6.81. The first-order valence-electron chi connectivity index (χ1n) is 12.4. The van der Waals surface area contributed by atoms with Crippen LogP contribution in [0, 0.1) is 17.1 Å². The molecule has 5 aromatic rings. The lowest BCUT2D eigenvalue weighted by atomic mass is 10.0. The zero-order valence-corrected chi connectivity index (χ0v) is 23.2. The van der Waals surface area contributed by atoms with Crippen molar-refractivity contribution in [1.82, 2.24) is 24.9 Å². The van der Waals surface area contributed by atoms with Crippen molar-refractivity contribution in [1.29, 1.82) is 5.26 Å². The normalized spacial score (nSPS) is 11.9. The van der Waals surface area contributed by atoms with E-state index in [2.05, 4.69) is 36.9 Å². The molecule has 2 heterocycles. The summed E-state index contributed by atoms with van der Waals surface area (Å²) in [5.41, 5.74) is 4.22. The van der Waals surface area contributed by atoms with Crippen LogP contribution in [-0.2, 0) is 6.54 Å². The molecule has 2 aromatic heterocycles. The first-order chi connectivity index (χ1) is 19.3. The summed E-state index contributed by atoms with van der Waals surface area (Å²) < 4.78 is 15.6. The summed E-state index contributed by atoms with van der Waals surface area (Å²) in [7, 11) is 4.02. The van der Waals surface area contributed by atoms with Gasteiger partial charge in [-0.1, -0.05) is 58.7 Å². The van der Waals surface area contributed by atoms with Gasteiger partial charge in [-0.05, 0) is 50.0 Å². The Morgan fingerprint density at radius 2 is 1.90 bits per heavy atom. The van der Waals surface area contributed by atoms with Gasteiger partial charge in [0.1, 0.15) is 17.6 Å². The summed E-state index contributed by atoms with van der Waals surface area (Å²) in [6, 6.07) is 19.5. The number of likely N-dealkylation sites (N-methyl/N-ethyl adjacent to an activating group) is 1. The van der Waals surface area contributed by atoms with E-state index in [4.69, 9.17) is 23.2 Å². The minimum Gasteiger partial charge on any atom is -0.371 e. The van der Waals surface area contributed by atoms with Crippen LogP contribution in [0.3, 0.4) is 0 Å². The molecule has 0 spiro atoms. The Labute approximate surface area is 241 Å². The third-order valence-electron chi connectivity index (χ3n) is 6.31. The molecule has 0 aliphatic heterocycles. The minimum absolute atomic E-state index is 0.0356. The Balaban J connectivity index is 1.58. The molecule has 0 aliphatic rings. The average molecular weight is 575 g/mol.